The van der Waals surface area contributed by atoms with Crippen LogP contribution < -0.4 is 5.56 Å². The van der Waals surface area contributed by atoms with E-state index in [1.807, 2.05) is 66.0 Å². The largest absolute Gasteiger partial charge is 0.301 e. The second-order valence-corrected chi connectivity index (χ2v) is 10.1. The fourth-order valence-corrected chi connectivity index (χ4v) is 4.95. The monoisotopic (exact) mass is 517 g/mol. The lowest BCUT2D eigenvalue weighted by Gasteiger charge is -2.00. The summed E-state index contributed by atoms with van der Waals surface area (Å²) in [6.45, 7) is 0. The molecule has 0 aliphatic rings. The van der Waals surface area contributed by atoms with Crippen LogP contribution in [-0.4, -0.2) is 27.7 Å². The van der Waals surface area contributed by atoms with Crippen LogP contribution in [0, 0.1) is 0 Å². The number of nitrogens with zero attached hydrogens (tertiary/aromatic N) is 4. The van der Waals surface area contributed by atoms with Gasteiger partial charge in [-0.15, -0.1) is 16.5 Å². The Morgan fingerprint density at radius 2 is 1.53 bits per heavy atom. The molecule has 2 aromatic heterocycles. The molecule has 0 fully saturated rings. The highest BCUT2D eigenvalue weighted by Crippen LogP contribution is 2.30. The summed E-state index contributed by atoms with van der Waals surface area (Å²) in [7, 11) is -4.13. The maximum atomic E-state index is 13.4. The van der Waals surface area contributed by atoms with Gasteiger partial charge in [0.1, 0.15) is 5.75 Å². The number of rotatable bonds is 7. The van der Waals surface area contributed by atoms with Crippen LogP contribution in [0.1, 0.15) is 5.56 Å². The minimum absolute atomic E-state index is 0.111. The van der Waals surface area contributed by atoms with Gasteiger partial charge < -0.3 is 0 Å². The molecule has 2 N–H and O–H groups in total. The average Bonchev–Trinajstić information content (AvgIpc) is 3.49. The number of aromatic amines is 1. The second kappa shape index (κ2) is 9.82. The van der Waals surface area contributed by atoms with Crippen LogP contribution in [0.2, 0.25) is 0 Å². The highest BCUT2D eigenvalue weighted by Gasteiger charge is 2.19. The summed E-state index contributed by atoms with van der Waals surface area (Å²) < 4.78 is 32.5. The Morgan fingerprint density at radius 3 is 2.17 bits per heavy atom. The number of hydrogen-bond donors (Lipinski definition) is 2. The molecule has 0 aliphatic carbocycles. The topological polar surface area (TPSA) is 130 Å². The van der Waals surface area contributed by atoms with Crippen molar-refractivity contribution in [3.05, 3.63) is 106 Å². The summed E-state index contributed by atoms with van der Waals surface area (Å²) in [6.07, 6.45) is 0. The van der Waals surface area contributed by atoms with Gasteiger partial charge in [0.25, 0.3) is 10.1 Å². The minimum atomic E-state index is -4.13. The van der Waals surface area contributed by atoms with E-state index in [9.17, 15) is 13.2 Å². The number of hydrogen-bond acceptors (Lipinski definition) is 7. The SMILES string of the molecule is O=c1c(N=Nc2ccc(CS(=O)(=O)O)cc2)c(-c2ccccc2)[nH]n1-c1nc(-c2ccccc2)cs1. The van der Waals surface area contributed by atoms with E-state index in [4.69, 9.17) is 4.55 Å². The first-order valence-corrected chi connectivity index (χ1v) is 13.2. The summed E-state index contributed by atoms with van der Waals surface area (Å²) in [6, 6.07) is 25.2. The zero-order valence-electron chi connectivity index (χ0n) is 18.6. The highest BCUT2D eigenvalue weighted by molar-refractivity contribution is 7.85. The molecule has 2 heterocycles. The molecule has 11 heteroatoms. The summed E-state index contributed by atoms with van der Waals surface area (Å²) in [5.41, 5.74) is 3.47. The average molecular weight is 518 g/mol. The predicted octanol–water partition coefficient (Wildman–Crippen LogP) is 5.76. The van der Waals surface area contributed by atoms with Crippen molar-refractivity contribution < 1.29 is 13.0 Å². The molecular weight excluding hydrogens is 498 g/mol. The smallest absolute Gasteiger partial charge is 0.286 e. The van der Waals surface area contributed by atoms with Gasteiger partial charge in [-0.05, 0) is 17.7 Å². The van der Waals surface area contributed by atoms with Gasteiger partial charge in [-0.3, -0.25) is 14.4 Å². The van der Waals surface area contributed by atoms with Crippen LogP contribution in [0.15, 0.2) is 105 Å². The van der Waals surface area contributed by atoms with Crippen molar-refractivity contribution in [2.75, 3.05) is 0 Å². The predicted molar refractivity (Wildman–Crippen MR) is 139 cm³/mol. The van der Waals surface area contributed by atoms with E-state index in [-0.39, 0.29) is 5.69 Å². The van der Waals surface area contributed by atoms with Gasteiger partial charge in [0.2, 0.25) is 5.13 Å². The normalized spacial score (nSPS) is 11.8. The van der Waals surface area contributed by atoms with Gasteiger partial charge in [0.15, 0.2) is 5.69 Å². The first-order chi connectivity index (χ1) is 17.4. The lowest BCUT2D eigenvalue weighted by molar-refractivity contribution is 0.482. The van der Waals surface area contributed by atoms with Crippen LogP contribution in [0.25, 0.3) is 27.6 Å². The summed E-state index contributed by atoms with van der Waals surface area (Å²) in [5, 5.41) is 13.9. The summed E-state index contributed by atoms with van der Waals surface area (Å²) >= 11 is 1.33. The third kappa shape index (κ3) is 5.23. The van der Waals surface area contributed by atoms with E-state index < -0.39 is 21.4 Å². The Bertz CT molecular complexity index is 1690. The molecule has 0 unspecified atom stereocenters. The van der Waals surface area contributed by atoms with Gasteiger partial charge in [0, 0.05) is 16.5 Å². The molecule has 36 heavy (non-hydrogen) atoms. The van der Waals surface area contributed by atoms with Crippen molar-refractivity contribution in [2.45, 2.75) is 5.75 Å². The Balaban J connectivity index is 1.53. The summed E-state index contributed by atoms with van der Waals surface area (Å²) in [4.78, 5) is 18.0. The maximum Gasteiger partial charge on any atom is 0.301 e. The molecule has 0 bridgehead atoms. The van der Waals surface area contributed by atoms with Crippen molar-refractivity contribution >= 4 is 32.8 Å². The Hall–Kier alpha value is -4.19. The zero-order valence-corrected chi connectivity index (χ0v) is 20.3. The Kier molecular flexibility index (Phi) is 6.42. The second-order valence-electron chi connectivity index (χ2n) is 7.82. The highest BCUT2D eigenvalue weighted by atomic mass is 32.2. The van der Waals surface area contributed by atoms with Crippen molar-refractivity contribution in [1.82, 2.24) is 14.8 Å². The maximum absolute atomic E-state index is 13.4. The van der Waals surface area contributed by atoms with E-state index in [0.717, 1.165) is 16.8 Å². The van der Waals surface area contributed by atoms with Crippen LogP contribution in [0.4, 0.5) is 11.4 Å². The number of aromatic nitrogens is 3. The number of H-pyrrole nitrogens is 1. The first kappa shape index (κ1) is 23.5. The standard InChI is InChI=1S/C25H19N5O4S2/c31-24-23(28-27-20-13-11-17(12-14-20)16-36(32,33)34)22(19-9-5-2-6-10-19)29-30(24)25-26-21(15-35-25)18-7-3-1-4-8-18/h1-15,29H,16H2,(H,32,33,34). The van der Waals surface area contributed by atoms with E-state index in [1.165, 1.54) is 28.2 Å². The molecule has 0 saturated carbocycles. The van der Waals surface area contributed by atoms with Gasteiger partial charge in [-0.2, -0.15) is 18.2 Å². The Morgan fingerprint density at radius 1 is 0.889 bits per heavy atom. The molecule has 5 rings (SSSR count). The van der Waals surface area contributed by atoms with Crippen LogP contribution in [-0.2, 0) is 15.9 Å². The van der Waals surface area contributed by atoms with E-state index in [2.05, 4.69) is 20.3 Å². The fraction of sp³-hybridized carbons (Fsp3) is 0.0400. The number of nitrogens with one attached hydrogen (secondary N) is 1. The van der Waals surface area contributed by atoms with E-state index in [1.54, 1.807) is 12.1 Å². The molecule has 0 atom stereocenters. The third-order valence-electron chi connectivity index (χ3n) is 5.23. The molecule has 3 aromatic carbocycles. The molecule has 0 amide bonds. The first-order valence-electron chi connectivity index (χ1n) is 10.7. The number of benzene rings is 3. The van der Waals surface area contributed by atoms with Crippen LogP contribution in [0.3, 0.4) is 0 Å². The van der Waals surface area contributed by atoms with Crippen molar-refractivity contribution in [3.8, 4) is 27.6 Å². The molecule has 180 valence electrons. The molecule has 5 aromatic rings. The van der Waals surface area contributed by atoms with E-state index >= 15 is 0 Å². The fourth-order valence-electron chi connectivity index (χ4n) is 3.55. The molecule has 9 nitrogen and oxygen atoms in total. The lowest BCUT2D eigenvalue weighted by atomic mass is 10.1. The van der Waals surface area contributed by atoms with Crippen LogP contribution in [0.5, 0.6) is 0 Å². The number of azo groups is 1. The quantitative estimate of drug-likeness (QED) is 0.209. The zero-order chi connectivity index (χ0) is 25.1. The van der Waals surface area contributed by atoms with Crippen molar-refractivity contribution in [2.24, 2.45) is 10.2 Å². The number of thiazole rings is 1. The van der Waals surface area contributed by atoms with Gasteiger partial charge in [-0.1, -0.05) is 72.8 Å². The van der Waals surface area contributed by atoms with E-state index in [0.29, 0.717) is 22.1 Å². The molecular formula is C25H19N5O4S2. The molecule has 0 spiro atoms. The van der Waals surface area contributed by atoms with Crippen molar-refractivity contribution in [3.63, 3.8) is 0 Å². The minimum Gasteiger partial charge on any atom is -0.286 e. The molecule has 0 radical (unpaired) electrons. The Labute approximate surface area is 210 Å². The lowest BCUT2D eigenvalue weighted by Crippen LogP contribution is -2.13. The van der Waals surface area contributed by atoms with Gasteiger partial charge in [0.05, 0.1) is 17.1 Å². The van der Waals surface area contributed by atoms with Crippen molar-refractivity contribution in [1.29, 1.82) is 0 Å². The molecule has 0 saturated heterocycles. The third-order valence-corrected chi connectivity index (χ3v) is 6.76. The van der Waals surface area contributed by atoms with Crippen LogP contribution >= 0.6 is 11.3 Å². The van der Waals surface area contributed by atoms with Gasteiger partial charge in [-0.25, -0.2) is 4.98 Å². The summed E-state index contributed by atoms with van der Waals surface area (Å²) in [5.74, 6) is -0.496. The van der Waals surface area contributed by atoms with Gasteiger partial charge >= 0.3 is 5.56 Å². The molecule has 0 aliphatic heterocycles.